The minimum Gasteiger partial charge on any atom is -0.598 e. The van der Waals surface area contributed by atoms with Gasteiger partial charge in [0.15, 0.2) is 0 Å². The Morgan fingerprint density at radius 2 is 2.00 bits per heavy atom. The predicted octanol–water partition coefficient (Wildman–Crippen LogP) is 3.59. The Morgan fingerprint density at radius 1 is 1.41 bits per heavy atom. The van der Waals surface area contributed by atoms with Crippen LogP contribution in [0, 0.1) is 5.82 Å². The van der Waals surface area contributed by atoms with Gasteiger partial charge in [0.25, 0.3) is 0 Å². The second kappa shape index (κ2) is 5.57. The summed E-state index contributed by atoms with van der Waals surface area (Å²) >= 11 is 4.57. The van der Waals surface area contributed by atoms with Crippen molar-refractivity contribution >= 4 is 23.0 Å². The maximum atomic E-state index is 13.6. The first-order chi connectivity index (χ1) is 7.71. The second-order valence-corrected chi connectivity index (χ2v) is 7.32. The summed E-state index contributed by atoms with van der Waals surface area (Å²) in [6.07, 6.45) is 0. The Bertz CT molecular complexity index is 395. The molecule has 0 aliphatic rings. The molecule has 0 aliphatic carbocycles. The molecule has 0 heterocycles. The van der Waals surface area contributed by atoms with Gasteiger partial charge in [0, 0.05) is 21.9 Å². The van der Waals surface area contributed by atoms with Crippen LogP contribution in [0.3, 0.4) is 0 Å². The van der Waals surface area contributed by atoms with Gasteiger partial charge in [-0.1, -0.05) is 11.6 Å². The Morgan fingerprint density at radius 3 is 2.53 bits per heavy atom. The molecule has 0 saturated carbocycles. The highest BCUT2D eigenvalue weighted by molar-refractivity contribution is 7.90. The zero-order valence-electron chi connectivity index (χ0n) is 10.4. The minimum absolute atomic E-state index is 0.347. The third-order valence-electron chi connectivity index (χ3n) is 2.26. The molecule has 0 aliphatic heterocycles. The zero-order valence-corrected chi connectivity index (χ0v) is 12.0. The van der Waals surface area contributed by atoms with Gasteiger partial charge in [-0.2, -0.15) is 0 Å². The first-order valence-corrected chi connectivity index (χ1v) is 6.87. The Labute approximate surface area is 110 Å². The van der Waals surface area contributed by atoms with Crippen LogP contribution in [0.25, 0.3) is 0 Å². The van der Waals surface area contributed by atoms with Crippen LogP contribution >= 0.6 is 11.6 Å². The lowest BCUT2D eigenvalue weighted by Crippen LogP contribution is -2.40. The number of benzene rings is 1. The highest BCUT2D eigenvalue weighted by Crippen LogP contribution is 2.24. The van der Waals surface area contributed by atoms with E-state index in [0.29, 0.717) is 10.6 Å². The SMILES string of the molecule is CC(N[S+]([O-])C(C)(C)C)c1cc(Cl)ccc1F. The summed E-state index contributed by atoms with van der Waals surface area (Å²) in [5.41, 5.74) is 0.426. The molecular formula is C12H17ClFNOS. The monoisotopic (exact) mass is 277 g/mol. The summed E-state index contributed by atoms with van der Waals surface area (Å²) in [5, 5.41) is 0.469. The van der Waals surface area contributed by atoms with E-state index in [1.165, 1.54) is 12.1 Å². The maximum Gasteiger partial charge on any atom is 0.136 e. The van der Waals surface area contributed by atoms with Gasteiger partial charge >= 0.3 is 0 Å². The topological polar surface area (TPSA) is 35.1 Å². The normalized spacial score (nSPS) is 15.7. The predicted molar refractivity (Wildman–Crippen MR) is 70.9 cm³/mol. The van der Waals surface area contributed by atoms with Crippen LogP contribution in [-0.2, 0) is 11.4 Å². The molecule has 96 valence electrons. The standard InChI is InChI=1S/C12H17ClFNOS/c1-8(15-17(16)12(2,3)4)10-7-9(13)5-6-11(10)14/h5-8,15H,1-4H3. The highest BCUT2D eigenvalue weighted by Gasteiger charge is 2.29. The molecule has 0 aromatic heterocycles. The lowest BCUT2D eigenvalue weighted by Gasteiger charge is -2.26. The van der Waals surface area contributed by atoms with Gasteiger partial charge in [-0.25, -0.2) is 4.39 Å². The molecule has 0 fully saturated rings. The molecule has 2 unspecified atom stereocenters. The summed E-state index contributed by atoms with van der Waals surface area (Å²) in [5.74, 6) is -0.347. The van der Waals surface area contributed by atoms with E-state index in [0.717, 1.165) is 0 Å². The van der Waals surface area contributed by atoms with Crippen molar-refractivity contribution in [3.63, 3.8) is 0 Å². The number of rotatable bonds is 3. The fourth-order valence-corrected chi connectivity index (χ4v) is 2.23. The lowest BCUT2D eigenvalue weighted by atomic mass is 10.1. The molecule has 1 N–H and O–H groups in total. The Hall–Kier alpha value is -0.290. The molecule has 1 rings (SSSR count). The van der Waals surface area contributed by atoms with E-state index in [1.807, 2.05) is 20.8 Å². The van der Waals surface area contributed by atoms with E-state index in [9.17, 15) is 8.94 Å². The van der Waals surface area contributed by atoms with Crippen LogP contribution in [-0.4, -0.2) is 9.30 Å². The Balaban J connectivity index is 2.83. The maximum absolute atomic E-state index is 13.6. The van der Waals surface area contributed by atoms with Gasteiger partial charge in [-0.3, -0.25) is 0 Å². The van der Waals surface area contributed by atoms with Gasteiger partial charge in [0.2, 0.25) is 0 Å². The molecule has 1 aromatic rings. The number of hydrogen-bond acceptors (Lipinski definition) is 2. The molecule has 2 atom stereocenters. The molecule has 0 saturated heterocycles. The van der Waals surface area contributed by atoms with E-state index < -0.39 is 11.4 Å². The van der Waals surface area contributed by atoms with E-state index in [2.05, 4.69) is 4.72 Å². The van der Waals surface area contributed by atoms with Crippen molar-refractivity contribution in [3.8, 4) is 0 Å². The molecule has 2 nitrogen and oxygen atoms in total. The van der Waals surface area contributed by atoms with E-state index in [4.69, 9.17) is 11.6 Å². The quantitative estimate of drug-likeness (QED) is 0.857. The number of nitrogens with one attached hydrogen (secondary N) is 1. The van der Waals surface area contributed by atoms with Crippen LogP contribution in [0.2, 0.25) is 5.02 Å². The van der Waals surface area contributed by atoms with Crippen LogP contribution in [0.15, 0.2) is 18.2 Å². The molecular weight excluding hydrogens is 261 g/mol. The fourth-order valence-electron chi connectivity index (χ4n) is 1.25. The third-order valence-corrected chi connectivity index (χ3v) is 4.18. The average Bonchev–Trinajstić information content (AvgIpc) is 2.20. The van der Waals surface area contributed by atoms with Gasteiger partial charge in [0.1, 0.15) is 10.6 Å². The molecule has 0 spiro atoms. The van der Waals surface area contributed by atoms with Crippen molar-refractivity contribution in [3.05, 3.63) is 34.6 Å². The average molecular weight is 278 g/mol. The zero-order chi connectivity index (χ0) is 13.2. The number of hydrogen-bond donors (Lipinski definition) is 1. The van der Waals surface area contributed by atoms with Gasteiger partial charge < -0.3 is 4.55 Å². The molecule has 1 aromatic carbocycles. The third kappa shape index (κ3) is 4.14. The fraction of sp³-hybridized carbons (Fsp3) is 0.500. The summed E-state index contributed by atoms with van der Waals surface area (Å²) in [6.45, 7) is 7.34. The van der Waals surface area contributed by atoms with Crippen LogP contribution < -0.4 is 4.72 Å². The van der Waals surface area contributed by atoms with Gasteiger partial charge in [0.05, 0.1) is 6.04 Å². The highest BCUT2D eigenvalue weighted by atomic mass is 35.5. The van der Waals surface area contributed by atoms with Crippen LogP contribution in [0.1, 0.15) is 39.3 Å². The molecule has 0 amide bonds. The van der Waals surface area contributed by atoms with Gasteiger partial charge in [-0.05, 0) is 45.9 Å². The second-order valence-electron chi connectivity index (χ2n) is 4.89. The molecule has 0 bridgehead atoms. The number of halogens is 2. The molecule has 17 heavy (non-hydrogen) atoms. The molecule has 5 heteroatoms. The van der Waals surface area contributed by atoms with Crippen molar-refractivity contribution in [2.45, 2.75) is 38.5 Å². The lowest BCUT2D eigenvalue weighted by molar-refractivity contribution is 0.522. The van der Waals surface area contributed by atoms with Crippen LogP contribution in [0.5, 0.6) is 0 Å². The molecule has 0 radical (unpaired) electrons. The first-order valence-electron chi connectivity index (χ1n) is 5.35. The van der Waals surface area contributed by atoms with Crippen molar-refractivity contribution < 1.29 is 8.94 Å². The van der Waals surface area contributed by atoms with E-state index in [1.54, 1.807) is 13.0 Å². The van der Waals surface area contributed by atoms with Gasteiger partial charge in [-0.15, -0.1) is 4.72 Å². The van der Waals surface area contributed by atoms with Crippen molar-refractivity contribution in [2.75, 3.05) is 0 Å². The Kier molecular flexibility index (Phi) is 4.84. The van der Waals surface area contributed by atoms with Crippen molar-refractivity contribution in [1.82, 2.24) is 4.72 Å². The summed E-state index contributed by atoms with van der Waals surface area (Å²) in [6, 6.07) is 4.01. The van der Waals surface area contributed by atoms with E-state index >= 15 is 0 Å². The first kappa shape index (κ1) is 14.8. The van der Waals surface area contributed by atoms with Crippen molar-refractivity contribution in [2.24, 2.45) is 0 Å². The largest absolute Gasteiger partial charge is 0.598 e. The minimum atomic E-state index is -1.24. The van der Waals surface area contributed by atoms with E-state index in [-0.39, 0.29) is 16.6 Å². The summed E-state index contributed by atoms with van der Waals surface area (Å²) in [7, 11) is 0. The summed E-state index contributed by atoms with van der Waals surface area (Å²) < 4.78 is 28.0. The summed E-state index contributed by atoms with van der Waals surface area (Å²) in [4.78, 5) is 0. The van der Waals surface area contributed by atoms with Crippen molar-refractivity contribution in [1.29, 1.82) is 0 Å². The van der Waals surface area contributed by atoms with Crippen LogP contribution in [0.4, 0.5) is 4.39 Å². The smallest absolute Gasteiger partial charge is 0.136 e.